The van der Waals surface area contributed by atoms with Crippen molar-refractivity contribution in [2.45, 2.75) is 26.3 Å². The van der Waals surface area contributed by atoms with Crippen LogP contribution >= 0.6 is 0 Å². The molecule has 0 amide bonds. The molecule has 0 saturated carbocycles. The van der Waals surface area contributed by atoms with Gasteiger partial charge in [0.05, 0.1) is 5.69 Å². The van der Waals surface area contributed by atoms with Crippen molar-refractivity contribution in [1.29, 1.82) is 0 Å². The zero-order valence-corrected chi connectivity index (χ0v) is 11.7. The minimum Gasteiger partial charge on any atom is -0.369 e. The first-order valence-electron chi connectivity index (χ1n) is 6.78. The van der Waals surface area contributed by atoms with E-state index in [1.165, 1.54) is 0 Å². The van der Waals surface area contributed by atoms with Crippen LogP contribution in [0.3, 0.4) is 0 Å². The van der Waals surface area contributed by atoms with E-state index in [1.54, 1.807) is 6.20 Å². The third-order valence-corrected chi connectivity index (χ3v) is 3.47. The standard InChI is InChI=1S/C14H18N6/c1-3-11-12-13(19(2)18-11)20(14(15)17-12)9-7-10-6-4-5-8-16-10/h4-6,8H,3,7,9H2,1-2H3,(H2,15,17). The highest BCUT2D eigenvalue weighted by Gasteiger charge is 2.16. The number of hydrogen-bond acceptors (Lipinski definition) is 4. The van der Waals surface area contributed by atoms with Crippen LogP contribution < -0.4 is 5.73 Å². The van der Waals surface area contributed by atoms with Crippen LogP contribution in [0.25, 0.3) is 11.2 Å². The molecule has 0 fully saturated rings. The molecule has 0 aliphatic heterocycles. The fourth-order valence-corrected chi connectivity index (χ4v) is 2.49. The van der Waals surface area contributed by atoms with Crippen LogP contribution in [0.5, 0.6) is 0 Å². The number of hydrogen-bond donors (Lipinski definition) is 1. The van der Waals surface area contributed by atoms with Crippen LogP contribution in [-0.2, 0) is 26.4 Å². The van der Waals surface area contributed by atoms with E-state index in [9.17, 15) is 0 Å². The third kappa shape index (κ3) is 2.03. The fraction of sp³-hybridized carbons (Fsp3) is 0.357. The molecule has 104 valence electrons. The summed E-state index contributed by atoms with van der Waals surface area (Å²) in [7, 11) is 1.93. The van der Waals surface area contributed by atoms with Crippen LogP contribution in [0, 0.1) is 0 Å². The molecule has 0 aliphatic rings. The lowest BCUT2D eigenvalue weighted by atomic mass is 10.2. The highest BCUT2D eigenvalue weighted by Crippen LogP contribution is 2.21. The maximum absolute atomic E-state index is 6.04. The average molecular weight is 270 g/mol. The lowest BCUT2D eigenvalue weighted by Gasteiger charge is -2.06. The van der Waals surface area contributed by atoms with E-state index in [0.29, 0.717) is 5.95 Å². The molecule has 0 atom stereocenters. The molecule has 3 aromatic heterocycles. The van der Waals surface area contributed by atoms with Crippen molar-refractivity contribution in [2.75, 3.05) is 5.73 Å². The molecule has 0 unspecified atom stereocenters. The molecule has 0 radical (unpaired) electrons. The van der Waals surface area contributed by atoms with Crippen LogP contribution in [0.4, 0.5) is 5.95 Å². The van der Waals surface area contributed by atoms with Gasteiger partial charge in [-0.25, -0.2) is 4.98 Å². The summed E-state index contributed by atoms with van der Waals surface area (Å²) < 4.78 is 3.87. The van der Waals surface area contributed by atoms with E-state index in [-0.39, 0.29) is 0 Å². The number of nitrogens with zero attached hydrogens (tertiary/aromatic N) is 5. The molecule has 6 nitrogen and oxygen atoms in total. The summed E-state index contributed by atoms with van der Waals surface area (Å²) in [5.41, 5.74) is 9.98. The van der Waals surface area contributed by atoms with E-state index in [2.05, 4.69) is 22.0 Å². The van der Waals surface area contributed by atoms with Gasteiger partial charge in [0.15, 0.2) is 5.65 Å². The van der Waals surface area contributed by atoms with Gasteiger partial charge in [0.2, 0.25) is 5.95 Å². The maximum Gasteiger partial charge on any atom is 0.202 e. The SMILES string of the molecule is CCc1nn(C)c2c1nc(N)n2CCc1ccccn1. The second-order valence-corrected chi connectivity index (χ2v) is 4.79. The van der Waals surface area contributed by atoms with Crippen LogP contribution in [0.15, 0.2) is 24.4 Å². The molecule has 0 aromatic carbocycles. The van der Waals surface area contributed by atoms with Gasteiger partial charge in [0.25, 0.3) is 0 Å². The highest BCUT2D eigenvalue weighted by atomic mass is 15.3. The maximum atomic E-state index is 6.04. The van der Waals surface area contributed by atoms with E-state index in [4.69, 9.17) is 5.73 Å². The summed E-state index contributed by atoms with van der Waals surface area (Å²) >= 11 is 0. The quantitative estimate of drug-likeness (QED) is 0.780. The van der Waals surface area contributed by atoms with Crippen molar-refractivity contribution in [2.24, 2.45) is 7.05 Å². The monoisotopic (exact) mass is 270 g/mol. The van der Waals surface area contributed by atoms with Crippen LogP contribution in [-0.4, -0.2) is 24.3 Å². The van der Waals surface area contributed by atoms with Crippen molar-refractivity contribution < 1.29 is 0 Å². The average Bonchev–Trinajstić information content (AvgIpc) is 2.95. The lowest BCUT2D eigenvalue weighted by molar-refractivity contribution is 0.670. The number of pyridine rings is 1. The number of fused-ring (bicyclic) bond motifs is 1. The fourth-order valence-electron chi connectivity index (χ4n) is 2.49. The predicted octanol–water partition coefficient (Wildman–Crippen LogP) is 1.55. The Labute approximate surface area is 117 Å². The van der Waals surface area contributed by atoms with Crippen LogP contribution in [0.1, 0.15) is 18.3 Å². The molecule has 0 spiro atoms. The first-order chi connectivity index (χ1) is 9.70. The van der Waals surface area contributed by atoms with E-state index < -0.39 is 0 Å². The van der Waals surface area contributed by atoms with Crippen molar-refractivity contribution >= 4 is 17.1 Å². The summed E-state index contributed by atoms with van der Waals surface area (Å²) in [6.45, 7) is 2.83. The van der Waals surface area contributed by atoms with Gasteiger partial charge in [-0.15, -0.1) is 0 Å². The van der Waals surface area contributed by atoms with Gasteiger partial charge >= 0.3 is 0 Å². The molecule has 3 rings (SSSR count). The normalized spacial score (nSPS) is 11.3. The van der Waals surface area contributed by atoms with Gasteiger partial charge in [0.1, 0.15) is 5.52 Å². The Morgan fingerprint density at radius 3 is 2.85 bits per heavy atom. The molecule has 3 aromatic rings. The Morgan fingerprint density at radius 1 is 1.30 bits per heavy atom. The second-order valence-electron chi connectivity index (χ2n) is 4.79. The van der Waals surface area contributed by atoms with E-state index >= 15 is 0 Å². The summed E-state index contributed by atoms with van der Waals surface area (Å²) in [5.74, 6) is 0.540. The number of aryl methyl sites for hydroxylation is 4. The molecular weight excluding hydrogens is 252 g/mol. The van der Waals surface area contributed by atoms with Gasteiger partial charge in [-0.05, 0) is 18.6 Å². The van der Waals surface area contributed by atoms with Crippen molar-refractivity contribution in [3.05, 3.63) is 35.8 Å². The summed E-state index contributed by atoms with van der Waals surface area (Å²) in [6.07, 6.45) is 3.48. The zero-order valence-electron chi connectivity index (χ0n) is 11.7. The Morgan fingerprint density at radius 2 is 2.15 bits per heavy atom. The topological polar surface area (TPSA) is 74.6 Å². The Balaban J connectivity index is 1.95. The molecule has 6 heteroatoms. The molecule has 0 saturated heterocycles. The molecule has 0 bridgehead atoms. The van der Waals surface area contributed by atoms with Gasteiger partial charge in [-0.3, -0.25) is 14.2 Å². The van der Waals surface area contributed by atoms with Crippen molar-refractivity contribution in [3.63, 3.8) is 0 Å². The van der Waals surface area contributed by atoms with Gasteiger partial charge in [-0.2, -0.15) is 5.10 Å². The molecule has 3 heterocycles. The Hall–Kier alpha value is -2.37. The minimum absolute atomic E-state index is 0.540. The molecule has 0 aliphatic carbocycles. The molecule has 20 heavy (non-hydrogen) atoms. The summed E-state index contributed by atoms with van der Waals surface area (Å²) in [6, 6.07) is 5.93. The largest absolute Gasteiger partial charge is 0.369 e. The number of aromatic nitrogens is 5. The minimum atomic E-state index is 0.540. The molecular formula is C14H18N6. The highest BCUT2D eigenvalue weighted by molar-refractivity contribution is 5.77. The zero-order chi connectivity index (χ0) is 14.1. The van der Waals surface area contributed by atoms with Gasteiger partial charge in [0, 0.05) is 31.9 Å². The summed E-state index contributed by atoms with van der Waals surface area (Å²) in [4.78, 5) is 8.79. The number of imidazole rings is 1. The van der Waals surface area contributed by atoms with E-state index in [0.717, 1.165) is 41.9 Å². The first kappa shape index (κ1) is 12.7. The smallest absolute Gasteiger partial charge is 0.202 e. The van der Waals surface area contributed by atoms with Gasteiger partial charge < -0.3 is 5.73 Å². The number of nitrogen functional groups attached to an aromatic ring is 1. The third-order valence-electron chi connectivity index (χ3n) is 3.47. The first-order valence-corrected chi connectivity index (χ1v) is 6.78. The summed E-state index contributed by atoms with van der Waals surface area (Å²) in [5, 5.41) is 4.49. The molecule has 2 N–H and O–H groups in total. The Bertz CT molecular complexity index is 725. The lowest BCUT2D eigenvalue weighted by Crippen LogP contribution is -2.09. The predicted molar refractivity (Wildman–Crippen MR) is 78.2 cm³/mol. The number of anilines is 1. The van der Waals surface area contributed by atoms with Crippen molar-refractivity contribution in [1.82, 2.24) is 24.3 Å². The van der Waals surface area contributed by atoms with Crippen LogP contribution in [0.2, 0.25) is 0 Å². The number of rotatable bonds is 4. The second kappa shape index (κ2) is 4.96. The Kier molecular flexibility index (Phi) is 3.14. The van der Waals surface area contributed by atoms with Crippen molar-refractivity contribution in [3.8, 4) is 0 Å². The van der Waals surface area contributed by atoms with E-state index in [1.807, 2.05) is 34.5 Å². The van der Waals surface area contributed by atoms with Gasteiger partial charge in [-0.1, -0.05) is 13.0 Å². The number of nitrogens with two attached hydrogens (primary N) is 1.